The van der Waals surface area contributed by atoms with E-state index in [1.165, 1.54) is 7.11 Å². The van der Waals surface area contributed by atoms with Crippen molar-refractivity contribution in [3.8, 4) is 0 Å². The number of aromatic nitrogens is 1. The lowest BCUT2D eigenvalue weighted by Gasteiger charge is -2.21. The molecule has 0 saturated heterocycles. The second kappa shape index (κ2) is 6.06. The lowest BCUT2D eigenvalue weighted by molar-refractivity contribution is 0.0601. The van der Waals surface area contributed by atoms with Crippen molar-refractivity contribution in [1.29, 1.82) is 0 Å². The number of nitrogens with zero attached hydrogens (tertiary/aromatic N) is 2. The topological polar surface area (TPSA) is 68.5 Å². The quantitative estimate of drug-likeness (QED) is 0.681. The van der Waals surface area contributed by atoms with Crippen LogP contribution in [0.2, 0.25) is 0 Å². The number of nitrogens with two attached hydrogens (primary N) is 1. The first-order chi connectivity index (χ1) is 9.61. The zero-order chi connectivity index (χ0) is 14.5. The van der Waals surface area contributed by atoms with E-state index in [4.69, 9.17) is 5.73 Å². The van der Waals surface area contributed by atoms with Gasteiger partial charge in [0.1, 0.15) is 0 Å². The molecule has 0 aliphatic heterocycles. The van der Waals surface area contributed by atoms with Gasteiger partial charge in [-0.05, 0) is 30.3 Å². The molecule has 1 aromatic heterocycles. The second-order valence-electron chi connectivity index (χ2n) is 4.44. The molecular formula is C15H17N3O2. The van der Waals surface area contributed by atoms with Crippen molar-refractivity contribution in [1.82, 2.24) is 4.98 Å². The molecule has 2 rings (SSSR count). The maximum Gasteiger partial charge on any atom is 0.337 e. The van der Waals surface area contributed by atoms with E-state index < -0.39 is 5.97 Å². The molecular weight excluding hydrogens is 254 g/mol. The number of carbonyl (C=O) groups excluding carboxylic acids is 1. The second-order valence-corrected chi connectivity index (χ2v) is 4.44. The predicted octanol–water partition coefficient (Wildman–Crippen LogP) is 2.09. The molecule has 20 heavy (non-hydrogen) atoms. The number of nitrogen functional groups attached to an aromatic ring is 1. The van der Waals surface area contributed by atoms with E-state index in [0.717, 1.165) is 11.4 Å². The first-order valence-corrected chi connectivity index (χ1v) is 6.20. The molecule has 0 saturated carbocycles. The van der Waals surface area contributed by atoms with Gasteiger partial charge in [-0.1, -0.05) is 6.07 Å². The maximum absolute atomic E-state index is 11.4. The highest BCUT2D eigenvalue weighted by atomic mass is 16.5. The van der Waals surface area contributed by atoms with Crippen molar-refractivity contribution in [2.75, 3.05) is 24.8 Å². The Morgan fingerprint density at radius 2 is 2.15 bits per heavy atom. The molecule has 1 heterocycles. The average Bonchev–Trinajstić information content (AvgIpc) is 2.47. The van der Waals surface area contributed by atoms with Crippen molar-refractivity contribution < 1.29 is 9.53 Å². The molecule has 2 aromatic rings. The SMILES string of the molecule is COC(=O)c1ccc(N(C)Cc2ccccn2)c(N)c1. The molecule has 0 amide bonds. The molecule has 5 nitrogen and oxygen atoms in total. The van der Waals surface area contributed by atoms with Gasteiger partial charge in [0.15, 0.2) is 0 Å². The number of ether oxygens (including phenoxy) is 1. The summed E-state index contributed by atoms with van der Waals surface area (Å²) in [7, 11) is 3.28. The van der Waals surface area contributed by atoms with Crippen molar-refractivity contribution in [3.05, 3.63) is 53.9 Å². The van der Waals surface area contributed by atoms with E-state index in [1.807, 2.05) is 36.2 Å². The van der Waals surface area contributed by atoms with E-state index in [-0.39, 0.29) is 0 Å². The summed E-state index contributed by atoms with van der Waals surface area (Å²) in [5.74, 6) is -0.393. The Hall–Kier alpha value is -2.56. The van der Waals surface area contributed by atoms with Gasteiger partial charge in [0.2, 0.25) is 0 Å². The van der Waals surface area contributed by atoms with Crippen LogP contribution in [0.1, 0.15) is 16.1 Å². The largest absolute Gasteiger partial charge is 0.465 e. The number of benzene rings is 1. The van der Waals surface area contributed by atoms with E-state index in [0.29, 0.717) is 17.8 Å². The first-order valence-electron chi connectivity index (χ1n) is 6.20. The molecule has 0 aliphatic carbocycles. The van der Waals surface area contributed by atoms with Gasteiger partial charge in [-0.15, -0.1) is 0 Å². The monoisotopic (exact) mass is 271 g/mol. The number of esters is 1. The summed E-state index contributed by atoms with van der Waals surface area (Å²) in [6.45, 7) is 0.641. The van der Waals surface area contributed by atoms with E-state index >= 15 is 0 Å². The highest BCUT2D eigenvalue weighted by Gasteiger charge is 2.11. The molecule has 0 aliphatic rings. The summed E-state index contributed by atoms with van der Waals surface area (Å²) < 4.78 is 4.67. The number of rotatable bonds is 4. The van der Waals surface area contributed by atoms with Gasteiger partial charge in [-0.2, -0.15) is 0 Å². The van der Waals surface area contributed by atoms with Crippen LogP contribution in [0.5, 0.6) is 0 Å². The number of carbonyl (C=O) groups is 1. The van der Waals surface area contributed by atoms with Crippen LogP contribution < -0.4 is 10.6 Å². The van der Waals surface area contributed by atoms with Gasteiger partial charge in [-0.25, -0.2) is 4.79 Å². The zero-order valence-electron chi connectivity index (χ0n) is 11.5. The molecule has 0 unspecified atom stereocenters. The van der Waals surface area contributed by atoms with E-state index in [1.54, 1.807) is 18.3 Å². The fourth-order valence-corrected chi connectivity index (χ4v) is 1.97. The Morgan fingerprint density at radius 3 is 2.75 bits per heavy atom. The molecule has 0 fully saturated rings. The van der Waals surface area contributed by atoms with Gasteiger partial charge >= 0.3 is 5.97 Å². The standard InChI is InChI=1S/C15H17N3O2/c1-18(10-12-5-3-4-8-17-12)14-7-6-11(9-13(14)16)15(19)20-2/h3-9H,10,16H2,1-2H3. The minimum atomic E-state index is -0.393. The minimum Gasteiger partial charge on any atom is -0.465 e. The van der Waals surface area contributed by atoms with Gasteiger partial charge in [-0.3, -0.25) is 4.98 Å². The van der Waals surface area contributed by atoms with Crippen LogP contribution in [-0.4, -0.2) is 25.1 Å². The number of hydrogen-bond acceptors (Lipinski definition) is 5. The molecule has 1 aromatic carbocycles. The first kappa shape index (κ1) is 13.9. The fraction of sp³-hybridized carbons (Fsp3) is 0.200. The predicted molar refractivity (Wildman–Crippen MR) is 78.5 cm³/mol. The maximum atomic E-state index is 11.4. The Bertz CT molecular complexity index is 599. The van der Waals surface area contributed by atoms with E-state index in [2.05, 4.69) is 9.72 Å². The molecule has 0 atom stereocenters. The Morgan fingerprint density at radius 1 is 1.35 bits per heavy atom. The lowest BCUT2D eigenvalue weighted by atomic mass is 10.1. The lowest BCUT2D eigenvalue weighted by Crippen LogP contribution is -2.18. The summed E-state index contributed by atoms with van der Waals surface area (Å²) >= 11 is 0. The van der Waals surface area contributed by atoms with Gasteiger partial charge in [0.25, 0.3) is 0 Å². The molecule has 0 radical (unpaired) electrons. The van der Waals surface area contributed by atoms with Crippen molar-refractivity contribution >= 4 is 17.3 Å². The van der Waals surface area contributed by atoms with Crippen LogP contribution in [0.25, 0.3) is 0 Å². The van der Waals surface area contributed by atoms with Gasteiger partial charge < -0.3 is 15.4 Å². The zero-order valence-corrected chi connectivity index (χ0v) is 11.5. The Balaban J connectivity index is 2.18. The van der Waals surface area contributed by atoms with Crippen molar-refractivity contribution in [3.63, 3.8) is 0 Å². The van der Waals surface area contributed by atoms with Crippen LogP contribution in [0.4, 0.5) is 11.4 Å². The number of anilines is 2. The minimum absolute atomic E-state index is 0.393. The number of methoxy groups -OCH3 is 1. The summed E-state index contributed by atoms with van der Waals surface area (Å²) in [5.41, 5.74) is 8.78. The van der Waals surface area contributed by atoms with Crippen LogP contribution in [0.3, 0.4) is 0 Å². The van der Waals surface area contributed by atoms with Gasteiger partial charge in [0.05, 0.1) is 36.3 Å². The van der Waals surface area contributed by atoms with Gasteiger partial charge in [0, 0.05) is 13.2 Å². The number of hydrogen-bond donors (Lipinski definition) is 1. The fourth-order valence-electron chi connectivity index (χ4n) is 1.97. The third-order valence-corrected chi connectivity index (χ3v) is 2.99. The summed E-state index contributed by atoms with van der Waals surface area (Å²) in [5, 5.41) is 0. The third kappa shape index (κ3) is 3.06. The third-order valence-electron chi connectivity index (χ3n) is 2.99. The summed E-state index contributed by atoms with van der Waals surface area (Å²) in [4.78, 5) is 17.7. The highest BCUT2D eigenvalue weighted by Crippen LogP contribution is 2.24. The van der Waals surface area contributed by atoms with Crippen molar-refractivity contribution in [2.24, 2.45) is 0 Å². The highest BCUT2D eigenvalue weighted by molar-refractivity contribution is 5.91. The number of pyridine rings is 1. The smallest absolute Gasteiger partial charge is 0.337 e. The summed E-state index contributed by atoms with van der Waals surface area (Å²) in [6, 6.07) is 10.9. The Kier molecular flexibility index (Phi) is 4.20. The van der Waals surface area contributed by atoms with Crippen molar-refractivity contribution in [2.45, 2.75) is 6.54 Å². The normalized spacial score (nSPS) is 10.1. The molecule has 2 N–H and O–H groups in total. The molecule has 0 bridgehead atoms. The van der Waals surface area contributed by atoms with E-state index in [9.17, 15) is 4.79 Å². The molecule has 5 heteroatoms. The van der Waals surface area contributed by atoms with Crippen LogP contribution in [0, 0.1) is 0 Å². The van der Waals surface area contributed by atoms with Crippen LogP contribution in [0.15, 0.2) is 42.6 Å². The molecule has 104 valence electrons. The molecule has 0 spiro atoms. The average molecular weight is 271 g/mol. The Labute approximate surface area is 118 Å². The summed E-state index contributed by atoms with van der Waals surface area (Å²) in [6.07, 6.45) is 1.76. The van der Waals surface area contributed by atoms with Crippen LogP contribution in [-0.2, 0) is 11.3 Å². The van der Waals surface area contributed by atoms with Crippen LogP contribution >= 0.6 is 0 Å².